The summed E-state index contributed by atoms with van der Waals surface area (Å²) >= 11 is 0. The fraction of sp³-hybridized carbons (Fsp3) is 0.167. The number of ketones is 1. The normalized spacial score (nSPS) is 21.7. The second-order valence-corrected chi connectivity index (χ2v) is 5.01. The molecule has 0 radical (unpaired) electrons. The minimum absolute atomic E-state index is 0.127. The van der Waals surface area contributed by atoms with Gasteiger partial charge in [0.2, 0.25) is 0 Å². The molecule has 3 rings (SSSR count). The molecule has 1 aliphatic heterocycles. The maximum absolute atomic E-state index is 12.2. The monoisotopic (exact) mass is 280 g/mol. The molecule has 2 aromatic rings. The van der Waals surface area contributed by atoms with Crippen LogP contribution >= 0.6 is 0 Å². The van der Waals surface area contributed by atoms with Crippen LogP contribution in [0.4, 0.5) is 0 Å². The topological polar surface area (TPSA) is 46.5 Å². The molecule has 0 aliphatic carbocycles. The summed E-state index contributed by atoms with van der Waals surface area (Å²) in [5, 5.41) is 9.68. The van der Waals surface area contributed by atoms with Crippen LogP contribution in [0.3, 0.4) is 0 Å². The van der Waals surface area contributed by atoms with Gasteiger partial charge in [0.05, 0.1) is 0 Å². The van der Waals surface area contributed by atoms with Crippen molar-refractivity contribution in [3.05, 3.63) is 83.9 Å². The van der Waals surface area contributed by atoms with Crippen LogP contribution in [0.2, 0.25) is 0 Å². The van der Waals surface area contributed by atoms with Crippen molar-refractivity contribution < 1.29 is 14.6 Å². The molecule has 1 heterocycles. The second kappa shape index (κ2) is 6.04. The molecule has 0 fully saturated rings. The quantitative estimate of drug-likeness (QED) is 0.940. The molecule has 0 spiro atoms. The van der Waals surface area contributed by atoms with Crippen LogP contribution in [0.5, 0.6) is 0 Å². The zero-order valence-electron chi connectivity index (χ0n) is 11.4. The fourth-order valence-corrected chi connectivity index (χ4v) is 2.64. The predicted octanol–water partition coefficient (Wildman–Crippen LogP) is 2.66. The van der Waals surface area contributed by atoms with Crippen molar-refractivity contribution in [3.8, 4) is 0 Å². The van der Waals surface area contributed by atoms with Crippen molar-refractivity contribution in [1.82, 2.24) is 0 Å². The summed E-state index contributed by atoms with van der Waals surface area (Å²) in [6, 6.07) is 19.5. The lowest BCUT2D eigenvalue weighted by Gasteiger charge is -2.29. The highest BCUT2D eigenvalue weighted by molar-refractivity contribution is 5.95. The van der Waals surface area contributed by atoms with Crippen LogP contribution in [-0.2, 0) is 9.53 Å². The minimum atomic E-state index is -1.04. The molecule has 3 heteroatoms. The predicted molar refractivity (Wildman–Crippen MR) is 79.8 cm³/mol. The Morgan fingerprint density at radius 3 is 1.95 bits per heavy atom. The number of carbonyl (C=O) groups is 1. The molecule has 1 aliphatic rings. The minimum Gasteiger partial charge on any atom is -0.365 e. The molecule has 21 heavy (non-hydrogen) atoms. The fourth-order valence-electron chi connectivity index (χ4n) is 2.64. The zero-order valence-corrected chi connectivity index (χ0v) is 11.4. The van der Waals surface area contributed by atoms with Gasteiger partial charge in [-0.25, -0.2) is 0 Å². The van der Waals surface area contributed by atoms with Gasteiger partial charge in [-0.2, -0.15) is 0 Å². The van der Waals surface area contributed by atoms with Crippen molar-refractivity contribution in [3.63, 3.8) is 0 Å². The van der Waals surface area contributed by atoms with Gasteiger partial charge < -0.3 is 9.84 Å². The van der Waals surface area contributed by atoms with Gasteiger partial charge in [-0.15, -0.1) is 0 Å². The van der Waals surface area contributed by atoms with Crippen molar-refractivity contribution in [2.75, 3.05) is 0 Å². The Morgan fingerprint density at radius 2 is 1.43 bits per heavy atom. The molecule has 0 aromatic heterocycles. The summed E-state index contributed by atoms with van der Waals surface area (Å²) in [5.41, 5.74) is 1.98. The molecule has 0 amide bonds. The van der Waals surface area contributed by atoms with E-state index in [9.17, 15) is 9.90 Å². The summed E-state index contributed by atoms with van der Waals surface area (Å²) in [5.74, 6) is -0.363. The molecule has 1 N–H and O–H groups in total. The summed E-state index contributed by atoms with van der Waals surface area (Å²) in [6.45, 7) is 0. The van der Waals surface area contributed by atoms with Crippen LogP contribution in [-0.4, -0.2) is 23.3 Å². The lowest BCUT2D eigenvalue weighted by molar-refractivity contribution is -0.149. The number of ether oxygens (including phenoxy) is 1. The van der Waals surface area contributed by atoms with Gasteiger partial charge in [0, 0.05) is 5.92 Å². The Balaban J connectivity index is 2.05. The Bertz CT molecular complexity index is 595. The van der Waals surface area contributed by atoms with Crippen LogP contribution in [0.1, 0.15) is 17.0 Å². The third-order valence-corrected chi connectivity index (χ3v) is 3.61. The van der Waals surface area contributed by atoms with E-state index in [1.165, 1.54) is 12.2 Å². The highest BCUT2D eigenvalue weighted by atomic mass is 16.6. The van der Waals surface area contributed by atoms with E-state index < -0.39 is 12.4 Å². The molecule has 0 unspecified atom stereocenters. The third-order valence-electron chi connectivity index (χ3n) is 3.61. The molecule has 0 bridgehead atoms. The Morgan fingerprint density at radius 1 is 0.905 bits per heavy atom. The Labute approximate surface area is 123 Å². The van der Waals surface area contributed by atoms with E-state index in [0.717, 1.165) is 11.1 Å². The van der Waals surface area contributed by atoms with Gasteiger partial charge in [-0.3, -0.25) is 4.79 Å². The van der Waals surface area contributed by atoms with E-state index in [1.54, 1.807) is 0 Å². The van der Waals surface area contributed by atoms with Gasteiger partial charge in [0.15, 0.2) is 12.1 Å². The lowest BCUT2D eigenvalue weighted by atomic mass is 9.84. The summed E-state index contributed by atoms with van der Waals surface area (Å²) in [7, 11) is 0. The van der Waals surface area contributed by atoms with Gasteiger partial charge >= 0.3 is 0 Å². The molecule has 3 nitrogen and oxygen atoms in total. The Hall–Kier alpha value is -2.23. The molecular formula is C18H16O3. The van der Waals surface area contributed by atoms with Crippen LogP contribution in [0.25, 0.3) is 0 Å². The van der Waals surface area contributed by atoms with Gasteiger partial charge in [0.1, 0.15) is 6.10 Å². The smallest absolute Gasteiger partial charge is 0.185 e. The standard InChI is InChI=1S/C18H16O3/c19-15-11-12-16(20)21-18(15)17(13-7-3-1-4-8-13)14-9-5-2-6-10-14/h1-12,16-18,20H/t16-,18-/m1/s1. The van der Waals surface area contributed by atoms with E-state index >= 15 is 0 Å². The van der Waals surface area contributed by atoms with Crippen LogP contribution in [0.15, 0.2) is 72.8 Å². The first kappa shape index (κ1) is 13.7. The van der Waals surface area contributed by atoms with E-state index in [0.29, 0.717) is 0 Å². The van der Waals surface area contributed by atoms with Gasteiger partial charge in [0.25, 0.3) is 0 Å². The average Bonchev–Trinajstić information content (AvgIpc) is 2.53. The largest absolute Gasteiger partial charge is 0.365 e. The van der Waals surface area contributed by atoms with E-state index in [-0.39, 0.29) is 11.7 Å². The van der Waals surface area contributed by atoms with Crippen LogP contribution in [0, 0.1) is 0 Å². The van der Waals surface area contributed by atoms with Crippen LogP contribution < -0.4 is 0 Å². The third kappa shape index (κ3) is 2.94. The highest BCUT2D eigenvalue weighted by Gasteiger charge is 2.34. The van der Waals surface area contributed by atoms with Gasteiger partial charge in [-0.05, 0) is 23.3 Å². The highest BCUT2D eigenvalue weighted by Crippen LogP contribution is 2.32. The first-order valence-electron chi connectivity index (χ1n) is 6.91. The SMILES string of the molecule is O=C1C=C[C@H](O)O[C@H]1C(c1ccccc1)c1ccccc1. The summed E-state index contributed by atoms with van der Waals surface area (Å²) in [4.78, 5) is 12.2. The number of hydrogen-bond acceptors (Lipinski definition) is 3. The van der Waals surface area contributed by atoms with E-state index in [1.807, 2.05) is 60.7 Å². The number of hydrogen-bond donors (Lipinski definition) is 1. The van der Waals surface area contributed by atoms with Crippen molar-refractivity contribution in [2.45, 2.75) is 18.3 Å². The first-order chi connectivity index (χ1) is 10.3. The number of rotatable bonds is 3. The van der Waals surface area contributed by atoms with Gasteiger partial charge in [-0.1, -0.05) is 60.7 Å². The molecular weight excluding hydrogens is 264 g/mol. The zero-order chi connectivity index (χ0) is 14.7. The molecule has 106 valence electrons. The average molecular weight is 280 g/mol. The maximum Gasteiger partial charge on any atom is 0.185 e. The van der Waals surface area contributed by atoms with Crippen molar-refractivity contribution >= 4 is 5.78 Å². The lowest BCUT2D eigenvalue weighted by Crippen LogP contribution is -2.37. The second-order valence-electron chi connectivity index (χ2n) is 5.01. The number of benzene rings is 2. The molecule has 0 saturated heterocycles. The molecule has 2 atom stereocenters. The number of aliphatic hydroxyl groups excluding tert-OH is 1. The number of carbonyl (C=O) groups excluding carboxylic acids is 1. The molecule has 2 aromatic carbocycles. The number of aliphatic hydroxyl groups is 1. The maximum atomic E-state index is 12.2. The van der Waals surface area contributed by atoms with E-state index in [2.05, 4.69) is 0 Å². The molecule has 0 saturated carbocycles. The Kier molecular flexibility index (Phi) is 3.95. The first-order valence-corrected chi connectivity index (χ1v) is 6.91. The summed E-state index contributed by atoms with van der Waals surface area (Å²) < 4.78 is 5.49. The summed E-state index contributed by atoms with van der Waals surface area (Å²) in [6.07, 6.45) is 1.02. The van der Waals surface area contributed by atoms with Crippen molar-refractivity contribution in [1.29, 1.82) is 0 Å². The van der Waals surface area contributed by atoms with Crippen molar-refractivity contribution in [2.24, 2.45) is 0 Å². The van der Waals surface area contributed by atoms with E-state index in [4.69, 9.17) is 4.74 Å².